The molecule has 1 amide bonds. The first-order chi connectivity index (χ1) is 9.60. The zero-order valence-corrected chi connectivity index (χ0v) is 11.9. The van der Waals surface area contributed by atoms with Crippen LogP contribution in [0.15, 0.2) is 12.7 Å². The molecule has 3 rings (SSSR count). The predicted octanol–water partition coefficient (Wildman–Crippen LogP) is 0.993. The van der Waals surface area contributed by atoms with Crippen LogP contribution in [0.3, 0.4) is 0 Å². The summed E-state index contributed by atoms with van der Waals surface area (Å²) in [4.78, 5) is 18.3. The third-order valence-electron chi connectivity index (χ3n) is 4.93. The molecule has 2 aliphatic rings. The highest BCUT2D eigenvalue weighted by Crippen LogP contribution is 2.40. The maximum absolute atomic E-state index is 12.5. The molecule has 0 aromatic carbocycles. The van der Waals surface area contributed by atoms with E-state index in [0.717, 1.165) is 25.7 Å². The van der Waals surface area contributed by atoms with E-state index < -0.39 is 5.60 Å². The van der Waals surface area contributed by atoms with Crippen molar-refractivity contribution in [3.05, 3.63) is 12.7 Å². The number of piperidine rings is 1. The lowest BCUT2D eigenvalue weighted by Crippen LogP contribution is -2.55. The van der Waals surface area contributed by atoms with Gasteiger partial charge in [0.25, 0.3) is 0 Å². The van der Waals surface area contributed by atoms with E-state index in [2.05, 4.69) is 10.1 Å². The number of aromatic nitrogens is 3. The molecule has 3 unspecified atom stereocenters. The van der Waals surface area contributed by atoms with Crippen LogP contribution in [0, 0.1) is 5.92 Å². The van der Waals surface area contributed by atoms with Crippen LogP contribution >= 0.6 is 0 Å². The number of fused-ring (bicyclic) bond motifs is 1. The first-order valence-corrected chi connectivity index (χ1v) is 7.45. The Hall–Kier alpha value is -1.43. The fraction of sp³-hybridized carbons (Fsp3) is 0.786. The van der Waals surface area contributed by atoms with Gasteiger partial charge in [-0.25, -0.2) is 9.67 Å². The molecular formula is C14H22N4O2. The quantitative estimate of drug-likeness (QED) is 0.876. The summed E-state index contributed by atoms with van der Waals surface area (Å²) in [5.74, 6) is 0.306. The zero-order chi connectivity index (χ0) is 14.2. The van der Waals surface area contributed by atoms with E-state index in [0.29, 0.717) is 19.5 Å². The molecule has 3 atom stereocenters. The summed E-state index contributed by atoms with van der Waals surface area (Å²) in [6, 6.07) is -0.327. The lowest BCUT2D eigenvalue weighted by molar-refractivity contribution is -0.146. The molecule has 6 nitrogen and oxygen atoms in total. The average molecular weight is 278 g/mol. The molecule has 110 valence electrons. The second-order valence-electron chi connectivity index (χ2n) is 6.13. The molecule has 1 aliphatic heterocycles. The SMILES string of the molecule is CC(C(=O)N1CCC2(O)CCCCC2C1)n1cncn1. The molecule has 0 spiro atoms. The van der Waals surface area contributed by atoms with Crippen LogP contribution < -0.4 is 0 Å². The standard InChI is InChI=1S/C14H22N4O2/c1-11(18-10-15-9-16-18)13(19)17-7-6-14(20)5-3-2-4-12(14)8-17/h9-12,20H,2-8H2,1H3. The summed E-state index contributed by atoms with van der Waals surface area (Å²) in [6.07, 6.45) is 7.90. The third-order valence-corrected chi connectivity index (χ3v) is 4.93. The van der Waals surface area contributed by atoms with Crippen LogP contribution in [0.25, 0.3) is 0 Å². The van der Waals surface area contributed by atoms with Gasteiger partial charge in [-0.05, 0) is 26.2 Å². The van der Waals surface area contributed by atoms with Gasteiger partial charge in [0.2, 0.25) is 5.91 Å². The van der Waals surface area contributed by atoms with Gasteiger partial charge in [-0.1, -0.05) is 12.8 Å². The van der Waals surface area contributed by atoms with E-state index in [4.69, 9.17) is 0 Å². The molecule has 0 bridgehead atoms. The molecule has 1 N–H and O–H groups in total. The lowest BCUT2D eigenvalue weighted by Gasteiger charge is -2.47. The Morgan fingerprint density at radius 2 is 2.30 bits per heavy atom. The normalized spacial score (nSPS) is 31.7. The Bertz CT molecular complexity index is 476. The van der Waals surface area contributed by atoms with Crippen molar-refractivity contribution in [3.63, 3.8) is 0 Å². The summed E-state index contributed by atoms with van der Waals surface area (Å²) in [6.45, 7) is 3.16. The number of nitrogens with zero attached hydrogens (tertiary/aromatic N) is 4. The summed E-state index contributed by atoms with van der Waals surface area (Å²) in [5.41, 5.74) is -0.536. The maximum atomic E-state index is 12.5. The summed E-state index contributed by atoms with van der Waals surface area (Å²) >= 11 is 0. The summed E-state index contributed by atoms with van der Waals surface area (Å²) in [7, 11) is 0. The second-order valence-corrected chi connectivity index (χ2v) is 6.13. The predicted molar refractivity (Wildman–Crippen MR) is 72.8 cm³/mol. The number of carbonyl (C=O) groups is 1. The van der Waals surface area contributed by atoms with Crippen LogP contribution in [0.4, 0.5) is 0 Å². The van der Waals surface area contributed by atoms with Gasteiger partial charge in [0.1, 0.15) is 18.7 Å². The molecule has 1 aromatic heterocycles. The molecular weight excluding hydrogens is 256 g/mol. The number of amides is 1. The van der Waals surface area contributed by atoms with Crippen LogP contribution in [0.1, 0.15) is 45.1 Å². The molecule has 20 heavy (non-hydrogen) atoms. The first kappa shape index (κ1) is 13.5. The number of rotatable bonds is 2. The summed E-state index contributed by atoms with van der Waals surface area (Å²) in [5, 5.41) is 14.7. The molecule has 1 aromatic rings. The van der Waals surface area contributed by atoms with E-state index in [1.165, 1.54) is 6.33 Å². The Morgan fingerprint density at radius 3 is 3.05 bits per heavy atom. The minimum absolute atomic E-state index is 0.0723. The number of hydrogen-bond donors (Lipinski definition) is 1. The largest absolute Gasteiger partial charge is 0.389 e. The van der Waals surface area contributed by atoms with Crippen molar-refractivity contribution in [2.24, 2.45) is 5.92 Å². The number of likely N-dealkylation sites (tertiary alicyclic amines) is 1. The van der Waals surface area contributed by atoms with Gasteiger partial charge < -0.3 is 10.0 Å². The first-order valence-electron chi connectivity index (χ1n) is 7.45. The highest BCUT2D eigenvalue weighted by Gasteiger charge is 2.44. The molecule has 2 heterocycles. The van der Waals surface area contributed by atoms with Gasteiger partial charge in [-0.15, -0.1) is 0 Å². The van der Waals surface area contributed by atoms with E-state index in [9.17, 15) is 9.90 Å². The molecule has 0 radical (unpaired) electrons. The van der Waals surface area contributed by atoms with Crippen molar-refractivity contribution in [3.8, 4) is 0 Å². The maximum Gasteiger partial charge on any atom is 0.247 e. The fourth-order valence-corrected chi connectivity index (χ4v) is 3.57. The average Bonchev–Trinajstić information content (AvgIpc) is 2.99. The van der Waals surface area contributed by atoms with Gasteiger partial charge in [-0.3, -0.25) is 4.79 Å². The smallest absolute Gasteiger partial charge is 0.247 e. The van der Waals surface area contributed by atoms with Crippen molar-refractivity contribution in [1.82, 2.24) is 19.7 Å². The van der Waals surface area contributed by atoms with Gasteiger partial charge >= 0.3 is 0 Å². The van der Waals surface area contributed by atoms with E-state index in [1.807, 2.05) is 11.8 Å². The van der Waals surface area contributed by atoms with E-state index in [-0.39, 0.29) is 17.9 Å². The number of carbonyl (C=O) groups excluding carboxylic acids is 1. The monoisotopic (exact) mass is 278 g/mol. The van der Waals surface area contributed by atoms with E-state index >= 15 is 0 Å². The Labute approximate surface area is 118 Å². The highest BCUT2D eigenvalue weighted by molar-refractivity contribution is 5.80. The van der Waals surface area contributed by atoms with Crippen LogP contribution in [-0.4, -0.2) is 49.4 Å². The van der Waals surface area contributed by atoms with Crippen molar-refractivity contribution in [2.75, 3.05) is 13.1 Å². The van der Waals surface area contributed by atoms with E-state index in [1.54, 1.807) is 11.0 Å². The fourth-order valence-electron chi connectivity index (χ4n) is 3.57. The third kappa shape index (κ3) is 2.32. The molecule has 1 aliphatic carbocycles. The molecule has 1 saturated heterocycles. The van der Waals surface area contributed by atoms with Crippen molar-refractivity contribution in [1.29, 1.82) is 0 Å². The minimum Gasteiger partial charge on any atom is -0.389 e. The Kier molecular flexibility index (Phi) is 3.50. The minimum atomic E-state index is -0.536. The molecule has 6 heteroatoms. The van der Waals surface area contributed by atoms with Crippen LogP contribution in [0.2, 0.25) is 0 Å². The van der Waals surface area contributed by atoms with Crippen LogP contribution in [-0.2, 0) is 4.79 Å². The second kappa shape index (κ2) is 5.16. The Morgan fingerprint density at radius 1 is 1.45 bits per heavy atom. The topological polar surface area (TPSA) is 71.2 Å². The number of hydrogen-bond acceptors (Lipinski definition) is 4. The molecule has 1 saturated carbocycles. The van der Waals surface area contributed by atoms with Gasteiger partial charge in [-0.2, -0.15) is 5.10 Å². The zero-order valence-electron chi connectivity index (χ0n) is 11.9. The summed E-state index contributed by atoms with van der Waals surface area (Å²) < 4.78 is 1.59. The Balaban J connectivity index is 1.68. The van der Waals surface area contributed by atoms with Gasteiger partial charge in [0, 0.05) is 19.0 Å². The lowest BCUT2D eigenvalue weighted by atomic mass is 9.71. The van der Waals surface area contributed by atoms with Crippen LogP contribution in [0.5, 0.6) is 0 Å². The highest BCUT2D eigenvalue weighted by atomic mass is 16.3. The number of aliphatic hydroxyl groups is 1. The van der Waals surface area contributed by atoms with Crippen molar-refractivity contribution < 1.29 is 9.90 Å². The van der Waals surface area contributed by atoms with Crippen molar-refractivity contribution in [2.45, 2.75) is 50.7 Å². The van der Waals surface area contributed by atoms with Gasteiger partial charge in [0.05, 0.1) is 5.60 Å². The van der Waals surface area contributed by atoms with Crippen molar-refractivity contribution >= 4 is 5.91 Å². The molecule has 2 fully saturated rings. The van der Waals surface area contributed by atoms with Gasteiger partial charge in [0.15, 0.2) is 0 Å².